The van der Waals surface area contributed by atoms with Gasteiger partial charge >= 0.3 is 0 Å². The van der Waals surface area contributed by atoms with Gasteiger partial charge in [0.1, 0.15) is 0 Å². The van der Waals surface area contributed by atoms with Crippen molar-refractivity contribution in [3.05, 3.63) is 0 Å². The van der Waals surface area contributed by atoms with Crippen molar-refractivity contribution in [2.24, 2.45) is 5.41 Å². The maximum atomic E-state index is 10.2. The molecule has 1 saturated carbocycles. The first-order chi connectivity index (χ1) is 6.47. The largest absolute Gasteiger partial charge is 0.389 e. The second-order valence-electron chi connectivity index (χ2n) is 5.15. The Bertz CT molecular complexity index is 220. The first-order valence-electron chi connectivity index (χ1n) is 5.28. The van der Waals surface area contributed by atoms with Crippen molar-refractivity contribution in [3.8, 4) is 6.07 Å². The molecule has 80 valence electrons. The van der Waals surface area contributed by atoms with E-state index >= 15 is 0 Å². The highest BCUT2D eigenvalue weighted by atomic mass is 16.3. The van der Waals surface area contributed by atoms with Gasteiger partial charge in [-0.05, 0) is 31.1 Å². The van der Waals surface area contributed by atoms with Crippen molar-refractivity contribution in [1.29, 1.82) is 5.26 Å². The summed E-state index contributed by atoms with van der Waals surface area (Å²) in [7, 11) is 0. The van der Waals surface area contributed by atoms with E-state index in [0.29, 0.717) is 18.5 Å². The molecule has 0 spiro atoms. The summed E-state index contributed by atoms with van der Waals surface area (Å²) in [4.78, 5) is 0. The van der Waals surface area contributed by atoms with Crippen LogP contribution in [0.5, 0.6) is 0 Å². The van der Waals surface area contributed by atoms with Crippen LogP contribution in [0, 0.1) is 16.7 Å². The molecule has 0 aromatic rings. The van der Waals surface area contributed by atoms with Gasteiger partial charge in [-0.2, -0.15) is 5.26 Å². The predicted octanol–water partition coefficient (Wildman–Crippen LogP) is 1.43. The highest BCUT2D eigenvalue weighted by molar-refractivity contribution is 4.91. The van der Waals surface area contributed by atoms with E-state index in [0.717, 1.165) is 25.7 Å². The van der Waals surface area contributed by atoms with Crippen molar-refractivity contribution in [3.63, 3.8) is 0 Å². The van der Waals surface area contributed by atoms with Gasteiger partial charge in [-0.1, -0.05) is 13.8 Å². The third-order valence-corrected chi connectivity index (χ3v) is 3.19. The van der Waals surface area contributed by atoms with Crippen LogP contribution in [-0.2, 0) is 0 Å². The van der Waals surface area contributed by atoms with Crippen molar-refractivity contribution < 1.29 is 5.11 Å². The molecule has 0 amide bonds. The molecule has 0 radical (unpaired) electrons. The van der Waals surface area contributed by atoms with Crippen molar-refractivity contribution in [2.45, 2.75) is 45.1 Å². The highest BCUT2D eigenvalue weighted by Crippen LogP contribution is 2.39. The molecule has 0 unspecified atom stereocenters. The molecular formula is C11H20N2O. The summed E-state index contributed by atoms with van der Waals surface area (Å²) in [6, 6.07) is 2.02. The smallest absolute Gasteiger partial charge is 0.0841 e. The van der Waals surface area contributed by atoms with Crippen LogP contribution in [0.25, 0.3) is 0 Å². The van der Waals surface area contributed by atoms with E-state index in [9.17, 15) is 5.11 Å². The standard InChI is InChI=1S/C11H20N2O/c1-10(2)3-5-11(14,6-4-10)9-13-8-7-12/h13-14H,3-6,8-9H2,1-2H3. The lowest BCUT2D eigenvalue weighted by Crippen LogP contribution is -2.45. The summed E-state index contributed by atoms with van der Waals surface area (Å²) in [6.07, 6.45) is 3.83. The van der Waals surface area contributed by atoms with Crippen molar-refractivity contribution >= 4 is 0 Å². The summed E-state index contributed by atoms with van der Waals surface area (Å²) in [5.41, 5.74) is -0.201. The van der Waals surface area contributed by atoms with E-state index in [4.69, 9.17) is 5.26 Å². The Morgan fingerprint density at radius 2 is 1.86 bits per heavy atom. The van der Waals surface area contributed by atoms with E-state index in [1.807, 2.05) is 6.07 Å². The Balaban J connectivity index is 2.34. The molecule has 0 aromatic carbocycles. The number of hydrogen-bond acceptors (Lipinski definition) is 3. The number of nitrogens with zero attached hydrogens (tertiary/aromatic N) is 1. The maximum absolute atomic E-state index is 10.2. The Morgan fingerprint density at radius 1 is 1.29 bits per heavy atom. The van der Waals surface area contributed by atoms with Crippen molar-refractivity contribution in [2.75, 3.05) is 13.1 Å². The van der Waals surface area contributed by atoms with Gasteiger partial charge in [0, 0.05) is 6.54 Å². The zero-order chi connectivity index (χ0) is 10.7. The Labute approximate surface area is 86.1 Å². The van der Waals surface area contributed by atoms with E-state index in [1.165, 1.54) is 0 Å². The molecule has 0 saturated heterocycles. The lowest BCUT2D eigenvalue weighted by atomic mass is 9.71. The minimum atomic E-state index is -0.577. The fourth-order valence-electron chi connectivity index (χ4n) is 1.92. The van der Waals surface area contributed by atoms with Gasteiger partial charge in [0.2, 0.25) is 0 Å². The normalized spacial score (nSPS) is 24.1. The molecule has 1 aliphatic carbocycles. The summed E-state index contributed by atoms with van der Waals surface area (Å²) >= 11 is 0. The molecular weight excluding hydrogens is 176 g/mol. The summed E-state index contributed by atoms with van der Waals surface area (Å²) in [6.45, 7) is 5.37. The van der Waals surface area contributed by atoms with Gasteiger partial charge in [-0.3, -0.25) is 0 Å². The van der Waals surface area contributed by atoms with Crippen LogP contribution in [0.3, 0.4) is 0 Å². The minimum Gasteiger partial charge on any atom is -0.389 e. The van der Waals surface area contributed by atoms with E-state index in [2.05, 4.69) is 19.2 Å². The van der Waals surface area contributed by atoms with Crippen LogP contribution in [0.15, 0.2) is 0 Å². The third kappa shape index (κ3) is 3.28. The van der Waals surface area contributed by atoms with E-state index in [-0.39, 0.29) is 0 Å². The second kappa shape index (κ2) is 4.29. The zero-order valence-corrected chi connectivity index (χ0v) is 9.14. The Morgan fingerprint density at radius 3 is 2.36 bits per heavy atom. The molecule has 0 heterocycles. The molecule has 0 atom stereocenters. The molecule has 1 aliphatic rings. The van der Waals surface area contributed by atoms with Crippen LogP contribution < -0.4 is 5.32 Å². The molecule has 3 nitrogen and oxygen atoms in total. The van der Waals surface area contributed by atoms with Crippen LogP contribution >= 0.6 is 0 Å². The van der Waals surface area contributed by atoms with Gasteiger partial charge in [0.15, 0.2) is 0 Å². The highest BCUT2D eigenvalue weighted by Gasteiger charge is 2.36. The van der Waals surface area contributed by atoms with Gasteiger partial charge in [-0.25, -0.2) is 0 Å². The molecule has 2 N–H and O–H groups in total. The molecule has 0 aliphatic heterocycles. The molecule has 0 aromatic heterocycles. The van der Waals surface area contributed by atoms with Crippen molar-refractivity contribution in [1.82, 2.24) is 5.32 Å². The van der Waals surface area contributed by atoms with E-state index in [1.54, 1.807) is 0 Å². The van der Waals surface area contributed by atoms with Crippen LogP contribution in [0.2, 0.25) is 0 Å². The zero-order valence-electron chi connectivity index (χ0n) is 9.14. The molecule has 1 rings (SSSR count). The summed E-state index contributed by atoms with van der Waals surface area (Å²) < 4.78 is 0. The second-order valence-corrected chi connectivity index (χ2v) is 5.15. The summed E-state index contributed by atoms with van der Waals surface area (Å²) in [5, 5.41) is 21.5. The fraction of sp³-hybridized carbons (Fsp3) is 0.909. The SMILES string of the molecule is CC1(C)CCC(O)(CNCC#N)CC1. The van der Waals surface area contributed by atoms with E-state index < -0.39 is 5.60 Å². The van der Waals surface area contributed by atoms with Crippen LogP contribution in [-0.4, -0.2) is 23.8 Å². The van der Waals surface area contributed by atoms with Gasteiger partial charge in [-0.15, -0.1) is 0 Å². The quantitative estimate of drug-likeness (QED) is 0.530. The maximum Gasteiger partial charge on any atom is 0.0841 e. The predicted molar refractivity (Wildman–Crippen MR) is 55.7 cm³/mol. The third-order valence-electron chi connectivity index (χ3n) is 3.19. The lowest BCUT2D eigenvalue weighted by molar-refractivity contribution is -0.0235. The topological polar surface area (TPSA) is 56.0 Å². The molecule has 1 fully saturated rings. The van der Waals surface area contributed by atoms with Gasteiger partial charge in [0.05, 0.1) is 18.2 Å². The number of nitriles is 1. The number of rotatable bonds is 3. The lowest BCUT2D eigenvalue weighted by Gasteiger charge is -2.40. The first-order valence-corrected chi connectivity index (χ1v) is 5.28. The molecule has 14 heavy (non-hydrogen) atoms. The number of aliphatic hydroxyl groups is 1. The fourth-order valence-corrected chi connectivity index (χ4v) is 1.92. The minimum absolute atomic E-state index is 0.325. The number of nitrogens with one attached hydrogen (secondary N) is 1. The number of hydrogen-bond donors (Lipinski definition) is 2. The van der Waals surface area contributed by atoms with Gasteiger partial charge < -0.3 is 10.4 Å². The molecule has 3 heteroatoms. The first kappa shape index (κ1) is 11.5. The average Bonchev–Trinajstić information content (AvgIpc) is 2.12. The monoisotopic (exact) mass is 196 g/mol. The Hall–Kier alpha value is -0.590. The Kier molecular flexibility index (Phi) is 3.52. The average molecular weight is 196 g/mol. The summed E-state index contributed by atoms with van der Waals surface area (Å²) in [5.74, 6) is 0. The van der Waals surface area contributed by atoms with Gasteiger partial charge in [0.25, 0.3) is 0 Å². The molecule has 0 bridgehead atoms. The van der Waals surface area contributed by atoms with Crippen LogP contribution in [0.4, 0.5) is 0 Å². The van der Waals surface area contributed by atoms with Crippen LogP contribution in [0.1, 0.15) is 39.5 Å².